The van der Waals surface area contributed by atoms with Crippen molar-refractivity contribution >= 4 is 17.4 Å². The van der Waals surface area contributed by atoms with Gasteiger partial charge in [0.25, 0.3) is 0 Å². The van der Waals surface area contributed by atoms with Crippen molar-refractivity contribution in [3.8, 4) is 0 Å². The van der Waals surface area contributed by atoms with Crippen LogP contribution in [0.15, 0.2) is 78.9 Å². The molecule has 3 heterocycles. The van der Waals surface area contributed by atoms with Crippen molar-refractivity contribution in [2.45, 2.75) is 57.5 Å². The van der Waals surface area contributed by atoms with Crippen LogP contribution in [-0.2, 0) is 17.8 Å². The molecular formula is C35H41N3O2. The summed E-state index contributed by atoms with van der Waals surface area (Å²) in [6.45, 7) is 5.16. The second-order valence-electron chi connectivity index (χ2n) is 11.9. The lowest BCUT2D eigenvalue weighted by Crippen LogP contribution is -2.36. The van der Waals surface area contributed by atoms with E-state index in [0.29, 0.717) is 19.5 Å². The van der Waals surface area contributed by atoms with Crippen molar-refractivity contribution in [3.05, 3.63) is 101 Å². The molecule has 0 radical (unpaired) electrons. The molecule has 40 heavy (non-hydrogen) atoms. The van der Waals surface area contributed by atoms with Crippen molar-refractivity contribution in [2.24, 2.45) is 5.92 Å². The zero-order valence-corrected chi connectivity index (χ0v) is 23.5. The Morgan fingerprint density at radius 3 is 2.30 bits per heavy atom. The number of amides is 1. The fraction of sp³-hybridized carbons (Fsp3) is 0.429. The Kier molecular flexibility index (Phi) is 8.40. The molecule has 208 valence electrons. The number of rotatable bonds is 9. The summed E-state index contributed by atoms with van der Waals surface area (Å²) in [6.07, 6.45) is 7.24. The highest BCUT2D eigenvalue weighted by Gasteiger charge is 2.36. The van der Waals surface area contributed by atoms with Crippen LogP contribution in [0.25, 0.3) is 0 Å². The molecular weight excluding hydrogens is 494 g/mol. The monoisotopic (exact) mass is 535 g/mol. The zero-order valence-electron chi connectivity index (χ0n) is 23.5. The molecule has 3 aliphatic rings. The van der Waals surface area contributed by atoms with Gasteiger partial charge in [-0.3, -0.25) is 14.5 Å². The lowest BCUT2D eigenvalue weighted by Gasteiger charge is -2.32. The second-order valence-corrected chi connectivity index (χ2v) is 11.9. The number of benzene rings is 3. The van der Waals surface area contributed by atoms with Gasteiger partial charge >= 0.3 is 0 Å². The fourth-order valence-corrected chi connectivity index (χ4v) is 6.90. The van der Waals surface area contributed by atoms with Crippen molar-refractivity contribution < 1.29 is 9.59 Å². The van der Waals surface area contributed by atoms with Gasteiger partial charge in [0.15, 0.2) is 5.78 Å². The van der Waals surface area contributed by atoms with Crippen LogP contribution in [-0.4, -0.2) is 54.2 Å². The Morgan fingerprint density at radius 1 is 0.825 bits per heavy atom. The maximum absolute atomic E-state index is 13.5. The van der Waals surface area contributed by atoms with E-state index in [-0.39, 0.29) is 17.7 Å². The summed E-state index contributed by atoms with van der Waals surface area (Å²) in [6, 6.07) is 27.4. The third-order valence-corrected chi connectivity index (χ3v) is 9.14. The fourth-order valence-electron chi connectivity index (χ4n) is 6.90. The van der Waals surface area contributed by atoms with Gasteiger partial charge in [0, 0.05) is 23.7 Å². The molecule has 5 heteroatoms. The number of likely N-dealkylation sites (tertiary alicyclic amines) is 1. The van der Waals surface area contributed by atoms with Gasteiger partial charge in [-0.05, 0) is 93.4 Å². The van der Waals surface area contributed by atoms with Crippen molar-refractivity contribution in [3.63, 3.8) is 0 Å². The number of fused-ring (bicyclic) bond motifs is 3. The molecule has 0 bridgehead atoms. The van der Waals surface area contributed by atoms with Gasteiger partial charge in [-0.25, -0.2) is 0 Å². The van der Waals surface area contributed by atoms with Crippen molar-refractivity contribution in [2.75, 3.05) is 37.6 Å². The number of hydrogen-bond donors (Lipinski definition) is 0. The highest BCUT2D eigenvalue weighted by molar-refractivity contribution is 6.01. The van der Waals surface area contributed by atoms with E-state index in [4.69, 9.17) is 0 Å². The van der Waals surface area contributed by atoms with Gasteiger partial charge < -0.3 is 9.80 Å². The summed E-state index contributed by atoms with van der Waals surface area (Å²) in [5.74, 6) is 1.06. The van der Waals surface area contributed by atoms with Gasteiger partial charge in [-0.15, -0.1) is 0 Å². The van der Waals surface area contributed by atoms with Crippen LogP contribution in [0.1, 0.15) is 71.6 Å². The van der Waals surface area contributed by atoms with E-state index < -0.39 is 0 Å². The van der Waals surface area contributed by atoms with Gasteiger partial charge in [0.05, 0.1) is 13.1 Å². The molecule has 2 fully saturated rings. The van der Waals surface area contributed by atoms with Crippen LogP contribution < -0.4 is 4.90 Å². The molecule has 1 atom stereocenters. The summed E-state index contributed by atoms with van der Waals surface area (Å²) < 4.78 is 0. The largest absolute Gasteiger partial charge is 0.307 e. The highest BCUT2D eigenvalue weighted by atomic mass is 16.2. The summed E-state index contributed by atoms with van der Waals surface area (Å²) in [7, 11) is 0. The molecule has 0 aromatic heterocycles. The van der Waals surface area contributed by atoms with Gasteiger partial charge in [-0.1, -0.05) is 72.8 Å². The zero-order chi connectivity index (χ0) is 27.3. The molecule has 0 unspecified atom stereocenters. The van der Waals surface area contributed by atoms with E-state index in [1.54, 1.807) is 0 Å². The first-order valence-corrected chi connectivity index (χ1v) is 15.2. The third-order valence-electron chi connectivity index (χ3n) is 9.14. The van der Waals surface area contributed by atoms with Gasteiger partial charge in [-0.2, -0.15) is 0 Å². The van der Waals surface area contributed by atoms with Crippen LogP contribution in [0, 0.1) is 5.92 Å². The molecule has 6 rings (SSSR count). The molecule has 0 N–H and O–H groups in total. The predicted octanol–water partition coefficient (Wildman–Crippen LogP) is 6.29. The first-order valence-electron chi connectivity index (χ1n) is 15.2. The minimum Gasteiger partial charge on any atom is -0.307 e. The quantitative estimate of drug-likeness (QED) is 0.302. The van der Waals surface area contributed by atoms with Crippen LogP contribution >= 0.6 is 0 Å². The summed E-state index contributed by atoms with van der Waals surface area (Å²) in [5, 5.41) is 0. The number of anilines is 1. The topological polar surface area (TPSA) is 43.9 Å². The normalized spacial score (nSPS) is 20.2. The standard InChI is InChI=1S/C35H41N3O2/c39-34(14-8-19-36-21-17-28(18-22-36)23-27-9-3-1-4-10-27)30-15-16-31-32-13-7-20-37(32)26-35(40)38(33(31)24-30)25-29-11-5-2-6-12-29/h1-6,9-12,15-16,24,28,32H,7-8,13-14,17-23,25-26H2/t32-/m1/s1. The second kappa shape index (κ2) is 12.5. The number of nitrogens with zero attached hydrogens (tertiary/aromatic N) is 3. The molecule has 3 aliphatic heterocycles. The van der Waals surface area contributed by atoms with Crippen LogP contribution in [0.5, 0.6) is 0 Å². The van der Waals surface area contributed by atoms with E-state index in [1.807, 2.05) is 35.2 Å². The van der Waals surface area contributed by atoms with E-state index in [0.717, 1.165) is 68.2 Å². The highest BCUT2D eigenvalue weighted by Crippen LogP contribution is 2.41. The molecule has 5 nitrogen and oxygen atoms in total. The number of carbonyl (C=O) groups excluding carboxylic acids is 2. The van der Waals surface area contributed by atoms with Crippen molar-refractivity contribution in [1.29, 1.82) is 0 Å². The molecule has 0 saturated carbocycles. The number of piperidine rings is 1. The number of hydrogen-bond acceptors (Lipinski definition) is 4. The molecule has 3 aromatic rings. The van der Waals surface area contributed by atoms with Crippen LogP contribution in [0.4, 0.5) is 5.69 Å². The molecule has 2 saturated heterocycles. The first kappa shape index (κ1) is 26.9. The Hall–Kier alpha value is -3.28. The van der Waals surface area contributed by atoms with Gasteiger partial charge in [0.1, 0.15) is 0 Å². The Morgan fingerprint density at radius 2 is 1.55 bits per heavy atom. The first-order chi connectivity index (χ1) is 19.6. The minimum atomic E-state index is 0.120. The van der Waals surface area contributed by atoms with Crippen LogP contribution in [0.3, 0.4) is 0 Å². The Balaban J connectivity index is 1.08. The lowest BCUT2D eigenvalue weighted by atomic mass is 9.90. The van der Waals surface area contributed by atoms with E-state index >= 15 is 0 Å². The third kappa shape index (κ3) is 6.21. The van der Waals surface area contributed by atoms with E-state index in [2.05, 4.69) is 58.3 Å². The van der Waals surface area contributed by atoms with Gasteiger partial charge in [0.2, 0.25) is 5.91 Å². The lowest BCUT2D eigenvalue weighted by molar-refractivity contribution is -0.119. The van der Waals surface area contributed by atoms with E-state index in [9.17, 15) is 9.59 Å². The summed E-state index contributed by atoms with van der Waals surface area (Å²) in [4.78, 5) is 33.6. The van der Waals surface area contributed by atoms with Crippen LogP contribution in [0.2, 0.25) is 0 Å². The summed E-state index contributed by atoms with van der Waals surface area (Å²) in [5.41, 5.74) is 5.39. The Bertz CT molecular complexity index is 1300. The smallest absolute Gasteiger partial charge is 0.241 e. The number of carbonyl (C=O) groups is 2. The number of ketones is 1. The minimum absolute atomic E-state index is 0.120. The van der Waals surface area contributed by atoms with E-state index in [1.165, 1.54) is 30.4 Å². The SMILES string of the molecule is O=C(CCCN1CCC(Cc2ccccc2)CC1)c1ccc2c(c1)N(Cc1ccccc1)C(=O)CN1CCC[C@H]21. The molecule has 3 aromatic carbocycles. The molecule has 0 aliphatic carbocycles. The predicted molar refractivity (Wildman–Crippen MR) is 160 cm³/mol. The number of Topliss-reactive ketones (excluding diaryl/α,β-unsaturated/α-hetero) is 1. The molecule has 1 amide bonds. The maximum atomic E-state index is 13.5. The average molecular weight is 536 g/mol. The average Bonchev–Trinajstić information content (AvgIpc) is 3.41. The summed E-state index contributed by atoms with van der Waals surface area (Å²) >= 11 is 0. The Labute approximate surface area is 238 Å². The van der Waals surface area contributed by atoms with Crippen molar-refractivity contribution in [1.82, 2.24) is 9.80 Å². The molecule has 0 spiro atoms. The maximum Gasteiger partial charge on any atom is 0.241 e.